The van der Waals surface area contributed by atoms with E-state index in [0.29, 0.717) is 17.8 Å². The number of carbonyl (C=O) groups excluding carboxylic acids is 2. The summed E-state index contributed by atoms with van der Waals surface area (Å²) < 4.78 is 22.4. The molecule has 0 saturated carbocycles. The number of benzene rings is 2. The Labute approximate surface area is 151 Å². The second kappa shape index (κ2) is 7.98. The molecule has 138 valence electrons. The van der Waals surface area contributed by atoms with E-state index in [0.717, 1.165) is 11.1 Å². The SMILES string of the molecule is Cc1ccc(NC(=O)C(=O)NCCc2ccc(S(N)(=O)=O)cc2)c(N)c1. The summed E-state index contributed by atoms with van der Waals surface area (Å²) in [5.41, 5.74) is 8.27. The fourth-order valence-electron chi connectivity index (χ4n) is 2.22. The zero-order valence-corrected chi connectivity index (χ0v) is 15.0. The molecule has 9 heteroatoms. The Hall–Kier alpha value is -2.91. The molecule has 2 rings (SSSR count). The molecular weight excluding hydrogens is 356 g/mol. The summed E-state index contributed by atoms with van der Waals surface area (Å²) in [4.78, 5) is 23.7. The fraction of sp³-hybridized carbons (Fsp3) is 0.176. The summed E-state index contributed by atoms with van der Waals surface area (Å²) in [6, 6.07) is 11.1. The number of primary sulfonamides is 1. The average molecular weight is 376 g/mol. The molecule has 0 atom stereocenters. The molecule has 26 heavy (non-hydrogen) atoms. The summed E-state index contributed by atoms with van der Waals surface area (Å²) in [6.07, 6.45) is 0.427. The molecule has 6 N–H and O–H groups in total. The van der Waals surface area contributed by atoms with E-state index in [1.165, 1.54) is 12.1 Å². The van der Waals surface area contributed by atoms with Crippen LogP contribution in [-0.2, 0) is 26.0 Å². The van der Waals surface area contributed by atoms with E-state index in [2.05, 4.69) is 10.6 Å². The minimum atomic E-state index is -3.73. The summed E-state index contributed by atoms with van der Waals surface area (Å²) in [6.45, 7) is 2.08. The van der Waals surface area contributed by atoms with Gasteiger partial charge in [0, 0.05) is 6.54 Å². The molecule has 0 fully saturated rings. The lowest BCUT2D eigenvalue weighted by molar-refractivity contribution is -0.136. The number of sulfonamides is 1. The van der Waals surface area contributed by atoms with Crippen LogP contribution in [0, 0.1) is 6.92 Å². The van der Waals surface area contributed by atoms with E-state index in [-0.39, 0.29) is 11.4 Å². The van der Waals surface area contributed by atoms with Gasteiger partial charge < -0.3 is 16.4 Å². The Morgan fingerprint density at radius 3 is 2.27 bits per heavy atom. The van der Waals surface area contributed by atoms with E-state index in [1.807, 2.05) is 6.92 Å². The summed E-state index contributed by atoms with van der Waals surface area (Å²) in [7, 11) is -3.73. The Morgan fingerprint density at radius 1 is 1.04 bits per heavy atom. The number of hydrogen-bond donors (Lipinski definition) is 4. The third-order valence-electron chi connectivity index (χ3n) is 3.61. The Morgan fingerprint density at radius 2 is 1.69 bits per heavy atom. The number of anilines is 2. The molecular formula is C17H20N4O4S. The molecule has 0 spiro atoms. The third-order valence-corrected chi connectivity index (χ3v) is 4.54. The molecule has 0 aliphatic heterocycles. The van der Waals surface area contributed by atoms with Gasteiger partial charge in [-0.3, -0.25) is 9.59 Å². The maximum Gasteiger partial charge on any atom is 0.313 e. The highest BCUT2D eigenvalue weighted by atomic mass is 32.2. The molecule has 0 unspecified atom stereocenters. The van der Waals surface area contributed by atoms with E-state index in [1.54, 1.807) is 30.3 Å². The number of nitrogens with one attached hydrogen (secondary N) is 2. The molecule has 0 aliphatic rings. The lowest BCUT2D eigenvalue weighted by Crippen LogP contribution is -2.36. The van der Waals surface area contributed by atoms with Crippen molar-refractivity contribution in [2.75, 3.05) is 17.6 Å². The number of nitrogen functional groups attached to an aromatic ring is 1. The molecule has 8 nitrogen and oxygen atoms in total. The van der Waals surface area contributed by atoms with Crippen molar-refractivity contribution in [2.24, 2.45) is 5.14 Å². The van der Waals surface area contributed by atoms with Crippen LogP contribution in [0.25, 0.3) is 0 Å². The van der Waals surface area contributed by atoms with E-state index < -0.39 is 21.8 Å². The normalized spacial score (nSPS) is 11.0. The van der Waals surface area contributed by atoms with Crippen molar-refractivity contribution in [3.63, 3.8) is 0 Å². The van der Waals surface area contributed by atoms with Crippen molar-refractivity contribution in [3.05, 3.63) is 53.6 Å². The molecule has 2 aromatic carbocycles. The number of amides is 2. The topological polar surface area (TPSA) is 144 Å². The standard InChI is InChI=1S/C17H20N4O4S/c1-11-2-7-15(14(18)10-11)21-17(23)16(22)20-9-8-12-3-5-13(6-4-12)26(19,24)25/h2-7,10H,8-9,18H2,1H3,(H,20,22)(H,21,23)(H2,19,24,25). The van der Waals surface area contributed by atoms with Gasteiger partial charge in [-0.15, -0.1) is 0 Å². The van der Waals surface area contributed by atoms with Gasteiger partial charge in [0.05, 0.1) is 16.3 Å². The molecule has 0 saturated heterocycles. The van der Waals surface area contributed by atoms with Crippen LogP contribution in [0.1, 0.15) is 11.1 Å². The highest BCUT2D eigenvalue weighted by Crippen LogP contribution is 2.19. The highest BCUT2D eigenvalue weighted by molar-refractivity contribution is 7.89. The maximum absolute atomic E-state index is 11.9. The van der Waals surface area contributed by atoms with Gasteiger partial charge in [-0.25, -0.2) is 13.6 Å². The Balaban J connectivity index is 1.85. The number of carbonyl (C=O) groups is 2. The van der Waals surface area contributed by atoms with Gasteiger partial charge in [0.2, 0.25) is 10.0 Å². The first-order valence-corrected chi connectivity index (χ1v) is 9.28. The zero-order valence-electron chi connectivity index (χ0n) is 14.2. The number of nitrogens with two attached hydrogens (primary N) is 2. The monoisotopic (exact) mass is 376 g/mol. The van der Waals surface area contributed by atoms with E-state index >= 15 is 0 Å². The lowest BCUT2D eigenvalue weighted by Gasteiger charge is -2.09. The first kappa shape index (κ1) is 19.4. The molecule has 0 aliphatic carbocycles. The second-order valence-corrected chi connectivity index (χ2v) is 7.30. The minimum absolute atomic E-state index is 0.0142. The largest absolute Gasteiger partial charge is 0.397 e. The smallest absolute Gasteiger partial charge is 0.313 e. The molecule has 0 bridgehead atoms. The van der Waals surface area contributed by atoms with Crippen molar-refractivity contribution < 1.29 is 18.0 Å². The van der Waals surface area contributed by atoms with Gasteiger partial charge in [0.25, 0.3) is 0 Å². The van der Waals surface area contributed by atoms with Crippen LogP contribution < -0.4 is 21.5 Å². The van der Waals surface area contributed by atoms with Gasteiger partial charge in [0.1, 0.15) is 0 Å². The minimum Gasteiger partial charge on any atom is -0.397 e. The molecule has 0 heterocycles. The number of hydrogen-bond acceptors (Lipinski definition) is 5. The quantitative estimate of drug-likeness (QED) is 0.444. The summed E-state index contributed by atoms with van der Waals surface area (Å²) in [5.74, 6) is -1.60. The highest BCUT2D eigenvalue weighted by Gasteiger charge is 2.14. The molecule has 2 amide bonds. The van der Waals surface area contributed by atoms with Crippen LogP contribution in [0.4, 0.5) is 11.4 Å². The van der Waals surface area contributed by atoms with Crippen molar-refractivity contribution >= 4 is 33.2 Å². The third kappa shape index (κ3) is 5.30. The Kier molecular flexibility index (Phi) is 5.96. The molecule has 0 radical (unpaired) electrons. The zero-order chi connectivity index (χ0) is 19.3. The van der Waals surface area contributed by atoms with E-state index in [9.17, 15) is 18.0 Å². The maximum atomic E-state index is 11.9. The van der Waals surface area contributed by atoms with Gasteiger partial charge in [0.15, 0.2) is 0 Å². The van der Waals surface area contributed by atoms with Crippen LogP contribution in [0.15, 0.2) is 47.4 Å². The van der Waals surface area contributed by atoms with Gasteiger partial charge >= 0.3 is 11.8 Å². The van der Waals surface area contributed by atoms with Crippen LogP contribution in [-0.4, -0.2) is 26.8 Å². The van der Waals surface area contributed by atoms with E-state index in [4.69, 9.17) is 10.9 Å². The van der Waals surface area contributed by atoms with Crippen molar-refractivity contribution in [3.8, 4) is 0 Å². The lowest BCUT2D eigenvalue weighted by atomic mass is 10.1. The second-order valence-electron chi connectivity index (χ2n) is 5.74. The van der Waals surface area contributed by atoms with Crippen LogP contribution >= 0.6 is 0 Å². The van der Waals surface area contributed by atoms with Gasteiger partial charge in [-0.1, -0.05) is 18.2 Å². The Bertz CT molecular complexity index is 924. The van der Waals surface area contributed by atoms with Crippen LogP contribution in [0.5, 0.6) is 0 Å². The summed E-state index contributed by atoms with van der Waals surface area (Å²) in [5, 5.41) is 9.97. The van der Waals surface area contributed by atoms with Gasteiger partial charge in [-0.2, -0.15) is 0 Å². The van der Waals surface area contributed by atoms with Crippen LogP contribution in [0.2, 0.25) is 0 Å². The predicted octanol–water partition coefficient (Wildman–Crippen LogP) is 0.522. The fourth-order valence-corrected chi connectivity index (χ4v) is 2.74. The molecule has 0 aromatic heterocycles. The number of aryl methyl sites for hydroxylation is 1. The molecule has 2 aromatic rings. The van der Waals surface area contributed by atoms with Crippen LogP contribution in [0.3, 0.4) is 0 Å². The predicted molar refractivity (Wildman–Crippen MR) is 98.8 cm³/mol. The average Bonchev–Trinajstić information content (AvgIpc) is 2.57. The van der Waals surface area contributed by atoms with Crippen molar-refractivity contribution in [2.45, 2.75) is 18.2 Å². The summed E-state index contributed by atoms with van der Waals surface area (Å²) >= 11 is 0. The number of rotatable bonds is 5. The first-order chi connectivity index (χ1) is 12.2. The van der Waals surface area contributed by atoms with Crippen molar-refractivity contribution in [1.29, 1.82) is 0 Å². The first-order valence-electron chi connectivity index (χ1n) is 7.74. The van der Waals surface area contributed by atoms with Gasteiger partial charge in [-0.05, 0) is 48.7 Å². The van der Waals surface area contributed by atoms with Crippen molar-refractivity contribution in [1.82, 2.24) is 5.32 Å².